The highest BCUT2D eigenvalue weighted by molar-refractivity contribution is 5.93. The van der Waals surface area contributed by atoms with Gasteiger partial charge in [0.2, 0.25) is 0 Å². The average molecular weight is 391 g/mol. The summed E-state index contributed by atoms with van der Waals surface area (Å²) in [5.41, 5.74) is 3.73. The minimum Gasteiger partial charge on any atom is -0.348 e. The van der Waals surface area contributed by atoms with Crippen molar-refractivity contribution in [3.63, 3.8) is 0 Å². The Hall–Kier alpha value is -2.82. The second-order valence-corrected chi connectivity index (χ2v) is 9.13. The van der Waals surface area contributed by atoms with Crippen LogP contribution in [0.3, 0.4) is 0 Å². The van der Waals surface area contributed by atoms with E-state index < -0.39 is 0 Å². The van der Waals surface area contributed by atoms with Crippen LogP contribution in [-0.2, 0) is 12.1 Å². The summed E-state index contributed by atoms with van der Waals surface area (Å²) in [5.74, 6) is 0.294. The standard InChI is InChI=1S/C24H30N4O/c1-17(2)21-16-19(25-28(21)24(3,4)5)23(29)27-15-14-26-13-9-12-20(26)22(27)18-10-7-6-8-11-18/h6-13,16-17,22H,14-15H2,1-5H3. The molecule has 1 atom stereocenters. The highest BCUT2D eigenvalue weighted by Gasteiger charge is 2.34. The molecule has 0 saturated heterocycles. The van der Waals surface area contributed by atoms with Crippen molar-refractivity contribution in [2.75, 3.05) is 6.54 Å². The van der Waals surface area contributed by atoms with E-state index in [1.807, 2.05) is 33.8 Å². The summed E-state index contributed by atoms with van der Waals surface area (Å²) in [4.78, 5) is 15.6. The molecular weight excluding hydrogens is 360 g/mol. The molecule has 0 spiro atoms. The molecule has 5 nitrogen and oxygen atoms in total. The molecule has 1 aliphatic heterocycles. The van der Waals surface area contributed by atoms with Crippen LogP contribution in [-0.4, -0.2) is 31.7 Å². The number of benzene rings is 1. The zero-order valence-corrected chi connectivity index (χ0v) is 18.0. The van der Waals surface area contributed by atoms with E-state index in [9.17, 15) is 4.79 Å². The van der Waals surface area contributed by atoms with Crippen LogP contribution in [0.5, 0.6) is 0 Å². The topological polar surface area (TPSA) is 43.1 Å². The quantitative estimate of drug-likeness (QED) is 0.644. The Bertz CT molecular complexity index is 1010. The summed E-state index contributed by atoms with van der Waals surface area (Å²) in [6, 6.07) is 16.3. The maximum Gasteiger partial charge on any atom is 0.275 e. The average Bonchev–Trinajstić information content (AvgIpc) is 3.34. The lowest BCUT2D eigenvalue weighted by Crippen LogP contribution is -2.42. The zero-order chi connectivity index (χ0) is 20.8. The van der Waals surface area contributed by atoms with E-state index >= 15 is 0 Å². The molecule has 0 fully saturated rings. The predicted octanol–water partition coefficient (Wildman–Crippen LogP) is 4.81. The zero-order valence-electron chi connectivity index (χ0n) is 18.0. The third-order valence-corrected chi connectivity index (χ3v) is 5.60. The lowest BCUT2D eigenvalue weighted by atomic mass is 9.99. The van der Waals surface area contributed by atoms with Gasteiger partial charge in [0.15, 0.2) is 5.69 Å². The van der Waals surface area contributed by atoms with Crippen LogP contribution in [0, 0.1) is 0 Å². The van der Waals surface area contributed by atoms with E-state index in [2.05, 4.69) is 69.6 Å². The molecule has 1 amide bonds. The third kappa shape index (κ3) is 3.50. The summed E-state index contributed by atoms with van der Waals surface area (Å²) in [5, 5.41) is 4.77. The van der Waals surface area contributed by atoms with E-state index in [-0.39, 0.29) is 17.5 Å². The van der Waals surface area contributed by atoms with Crippen LogP contribution < -0.4 is 0 Å². The van der Waals surface area contributed by atoms with Crippen molar-refractivity contribution in [2.45, 2.75) is 58.7 Å². The van der Waals surface area contributed by atoms with Crippen molar-refractivity contribution in [3.05, 3.63) is 77.4 Å². The van der Waals surface area contributed by atoms with Crippen molar-refractivity contribution in [2.24, 2.45) is 0 Å². The van der Waals surface area contributed by atoms with Gasteiger partial charge in [0.25, 0.3) is 5.91 Å². The number of hydrogen-bond donors (Lipinski definition) is 0. The number of fused-ring (bicyclic) bond motifs is 1. The summed E-state index contributed by atoms with van der Waals surface area (Å²) >= 11 is 0. The van der Waals surface area contributed by atoms with Crippen LogP contribution in [0.2, 0.25) is 0 Å². The highest BCUT2D eigenvalue weighted by atomic mass is 16.2. The van der Waals surface area contributed by atoms with E-state index in [0.29, 0.717) is 18.2 Å². The van der Waals surface area contributed by atoms with Gasteiger partial charge in [0.1, 0.15) is 0 Å². The fraction of sp³-hybridized carbons (Fsp3) is 0.417. The van der Waals surface area contributed by atoms with E-state index in [0.717, 1.165) is 23.5 Å². The number of carbonyl (C=O) groups excluding carboxylic acids is 1. The van der Waals surface area contributed by atoms with Gasteiger partial charge in [-0.1, -0.05) is 44.2 Å². The van der Waals surface area contributed by atoms with Gasteiger partial charge in [-0.05, 0) is 50.5 Å². The number of nitrogens with zero attached hydrogens (tertiary/aromatic N) is 4. The van der Waals surface area contributed by atoms with Crippen molar-refractivity contribution >= 4 is 5.91 Å². The molecule has 1 unspecified atom stereocenters. The largest absolute Gasteiger partial charge is 0.348 e. The van der Waals surface area contributed by atoms with E-state index in [4.69, 9.17) is 5.10 Å². The Morgan fingerprint density at radius 2 is 1.79 bits per heavy atom. The molecule has 0 saturated carbocycles. The lowest BCUT2D eigenvalue weighted by Gasteiger charge is -2.37. The molecule has 1 aromatic carbocycles. The Kier molecular flexibility index (Phi) is 4.85. The van der Waals surface area contributed by atoms with Crippen molar-refractivity contribution in [3.8, 4) is 0 Å². The van der Waals surface area contributed by atoms with Gasteiger partial charge >= 0.3 is 0 Å². The molecule has 4 rings (SSSR count). The fourth-order valence-corrected chi connectivity index (χ4v) is 4.18. The van der Waals surface area contributed by atoms with Gasteiger partial charge in [-0.15, -0.1) is 0 Å². The van der Waals surface area contributed by atoms with Gasteiger partial charge in [-0.2, -0.15) is 5.10 Å². The highest BCUT2D eigenvalue weighted by Crippen LogP contribution is 2.34. The Balaban J connectivity index is 1.77. The first-order valence-corrected chi connectivity index (χ1v) is 10.4. The predicted molar refractivity (Wildman–Crippen MR) is 115 cm³/mol. The number of rotatable bonds is 3. The molecule has 0 N–H and O–H groups in total. The van der Waals surface area contributed by atoms with Crippen LogP contribution in [0.4, 0.5) is 0 Å². The van der Waals surface area contributed by atoms with Gasteiger partial charge in [-0.25, -0.2) is 0 Å². The molecule has 1 aliphatic rings. The van der Waals surface area contributed by atoms with Crippen LogP contribution in [0.1, 0.15) is 74.0 Å². The maximum absolute atomic E-state index is 13.7. The minimum absolute atomic E-state index is 0.00352. The summed E-state index contributed by atoms with van der Waals surface area (Å²) < 4.78 is 4.25. The van der Waals surface area contributed by atoms with Gasteiger partial charge in [0, 0.05) is 30.7 Å². The van der Waals surface area contributed by atoms with Gasteiger partial charge in [-0.3, -0.25) is 9.48 Å². The number of amides is 1. The Morgan fingerprint density at radius 1 is 1.07 bits per heavy atom. The molecule has 3 heterocycles. The molecule has 3 aromatic rings. The molecule has 29 heavy (non-hydrogen) atoms. The minimum atomic E-state index is -0.173. The maximum atomic E-state index is 13.7. The number of hydrogen-bond acceptors (Lipinski definition) is 2. The molecule has 2 aromatic heterocycles. The van der Waals surface area contributed by atoms with E-state index in [1.165, 1.54) is 0 Å². The summed E-state index contributed by atoms with van der Waals surface area (Å²) in [7, 11) is 0. The monoisotopic (exact) mass is 390 g/mol. The van der Waals surface area contributed by atoms with Gasteiger partial charge < -0.3 is 9.47 Å². The number of aromatic nitrogens is 3. The SMILES string of the molecule is CC(C)c1cc(C(=O)N2CCn3cccc3C2c2ccccc2)nn1C(C)(C)C. The van der Waals surface area contributed by atoms with Crippen LogP contribution in [0.25, 0.3) is 0 Å². The first kappa shape index (κ1) is 19.5. The molecular formula is C24H30N4O. The third-order valence-electron chi connectivity index (χ3n) is 5.60. The van der Waals surface area contributed by atoms with Crippen molar-refractivity contribution < 1.29 is 4.79 Å². The Morgan fingerprint density at radius 3 is 2.41 bits per heavy atom. The summed E-state index contributed by atoms with van der Waals surface area (Å²) in [6.07, 6.45) is 2.10. The van der Waals surface area contributed by atoms with Crippen molar-refractivity contribution in [1.82, 2.24) is 19.2 Å². The van der Waals surface area contributed by atoms with Crippen LogP contribution in [0.15, 0.2) is 54.7 Å². The normalized spacial score (nSPS) is 16.9. The fourth-order valence-electron chi connectivity index (χ4n) is 4.18. The molecule has 5 heteroatoms. The first-order valence-electron chi connectivity index (χ1n) is 10.4. The molecule has 0 aliphatic carbocycles. The molecule has 0 radical (unpaired) electrons. The first-order chi connectivity index (χ1) is 13.8. The second-order valence-electron chi connectivity index (χ2n) is 9.13. The second kappa shape index (κ2) is 7.21. The summed E-state index contributed by atoms with van der Waals surface area (Å²) in [6.45, 7) is 12.1. The van der Waals surface area contributed by atoms with E-state index in [1.54, 1.807) is 0 Å². The van der Waals surface area contributed by atoms with Crippen LogP contribution >= 0.6 is 0 Å². The molecule has 152 valence electrons. The number of carbonyl (C=O) groups is 1. The van der Waals surface area contributed by atoms with Gasteiger partial charge in [0.05, 0.1) is 11.6 Å². The Labute approximate surface area is 173 Å². The lowest BCUT2D eigenvalue weighted by molar-refractivity contribution is 0.0656. The molecule has 0 bridgehead atoms. The van der Waals surface area contributed by atoms with Crippen molar-refractivity contribution in [1.29, 1.82) is 0 Å². The smallest absolute Gasteiger partial charge is 0.275 e.